The minimum atomic E-state index is -0.253. The van der Waals surface area contributed by atoms with E-state index in [-0.39, 0.29) is 30.4 Å². The molecule has 0 saturated heterocycles. The highest BCUT2D eigenvalue weighted by molar-refractivity contribution is 5.74. The lowest BCUT2D eigenvalue weighted by Crippen LogP contribution is -2.48. The van der Waals surface area contributed by atoms with Crippen molar-refractivity contribution in [3.8, 4) is 0 Å². The summed E-state index contributed by atoms with van der Waals surface area (Å²) >= 11 is 0. The van der Waals surface area contributed by atoms with Gasteiger partial charge in [-0.25, -0.2) is 9.18 Å². The minimum absolute atomic E-state index is 0.0644. The lowest BCUT2D eigenvalue weighted by atomic mass is 9.85. The maximum Gasteiger partial charge on any atom is 0.315 e. The maximum atomic E-state index is 12.8. The van der Waals surface area contributed by atoms with Gasteiger partial charge in [-0.05, 0) is 37.0 Å². The zero-order valence-electron chi connectivity index (χ0n) is 12.1. The van der Waals surface area contributed by atoms with Crippen LogP contribution in [-0.4, -0.2) is 30.3 Å². The molecule has 2 rings (SSSR count). The number of amides is 2. The van der Waals surface area contributed by atoms with Gasteiger partial charge < -0.3 is 15.7 Å². The maximum absolute atomic E-state index is 12.8. The number of rotatable bonds is 5. The molecule has 0 bridgehead atoms. The van der Waals surface area contributed by atoms with Crippen molar-refractivity contribution in [3.63, 3.8) is 0 Å². The lowest BCUT2D eigenvalue weighted by molar-refractivity contribution is 0.154. The van der Waals surface area contributed by atoms with Gasteiger partial charge >= 0.3 is 6.03 Å². The predicted molar refractivity (Wildman–Crippen MR) is 79.5 cm³/mol. The molecule has 2 atom stereocenters. The van der Waals surface area contributed by atoms with E-state index in [0.29, 0.717) is 13.0 Å². The van der Waals surface area contributed by atoms with Crippen LogP contribution in [0.1, 0.15) is 31.2 Å². The molecule has 1 aromatic carbocycles. The minimum Gasteiger partial charge on any atom is -0.396 e. The van der Waals surface area contributed by atoms with Crippen LogP contribution < -0.4 is 10.6 Å². The molecule has 5 heteroatoms. The first-order valence-electron chi connectivity index (χ1n) is 7.58. The molecule has 0 aromatic heterocycles. The molecule has 2 amide bonds. The van der Waals surface area contributed by atoms with Gasteiger partial charge in [-0.3, -0.25) is 0 Å². The number of nitrogens with one attached hydrogen (secondary N) is 2. The Morgan fingerprint density at radius 3 is 2.67 bits per heavy atom. The number of aliphatic hydroxyl groups is 1. The van der Waals surface area contributed by atoms with Crippen LogP contribution in [0, 0.1) is 11.7 Å². The van der Waals surface area contributed by atoms with Crippen LogP contribution >= 0.6 is 0 Å². The third kappa shape index (κ3) is 5.01. The van der Waals surface area contributed by atoms with Crippen molar-refractivity contribution >= 4 is 6.03 Å². The van der Waals surface area contributed by atoms with E-state index in [4.69, 9.17) is 0 Å². The zero-order chi connectivity index (χ0) is 15.1. The monoisotopic (exact) mass is 294 g/mol. The van der Waals surface area contributed by atoms with Crippen LogP contribution in [0.3, 0.4) is 0 Å². The summed E-state index contributed by atoms with van der Waals surface area (Å²) in [5, 5.41) is 15.1. The predicted octanol–water partition coefficient (Wildman–Crippen LogP) is 2.22. The molecule has 0 radical (unpaired) electrons. The standard InChI is InChI=1S/C16H23FN2O2/c17-14-7-5-12(6-8-14)9-10-18-16(21)19-15-4-2-1-3-13(15)11-20/h5-8,13,15,20H,1-4,9-11H2,(H2,18,19,21). The molecule has 4 nitrogen and oxygen atoms in total. The number of benzene rings is 1. The summed E-state index contributed by atoms with van der Waals surface area (Å²) in [5.41, 5.74) is 0.989. The Bertz CT molecular complexity index is 450. The topological polar surface area (TPSA) is 61.4 Å². The summed E-state index contributed by atoms with van der Waals surface area (Å²) in [7, 11) is 0. The van der Waals surface area contributed by atoms with E-state index < -0.39 is 0 Å². The number of hydrogen-bond donors (Lipinski definition) is 3. The summed E-state index contributed by atoms with van der Waals surface area (Å²) in [6.45, 7) is 0.633. The average molecular weight is 294 g/mol. The smallest absolute Gasteiger partial charge is 0.315 e. The molecule has 1 saturated carbocycles. The van der Waals surface area contributed by atoms with Crippen LogP contribution in [0.2, 0.25) is 0 Å². The van der Waals surface area contributed by atoms with Crippen LogP contribution in [0.25, 0.3) is 0 Å². The van der Waals surface area contributed by atoms with E-state index in [0.717, 1.165) is 31.2 Å². The summed E-state index contributed by atoms with van der Waals surface area (Å²) in [6.07, 6.45) is 4.78. The number of carbonyl (C=O) groups excluding carboxylic acids is 1. The zero-order valence-corrected chi connectivity index (χ0v) is 12.1. The second-order valence-electron chi connectivity index (χ2n) is 5.61. The Balaban J connectivity index is 1.70. The number of aliphatic hydroxyl groups excluding tert-OH is 1. The first kappa shape index (κ1) is 15.8. The summed E-state index contributed by atoms with van der Waals surface area (Å²) in [5.74, 6) is -0.0848. The third-order valence-electron chi connectivity index (χ3n) is 4.07. The number of halogens is 1. The van der Waals surface area contributed by atoms with Gasteiger partial charge in [0, 0.05) is 25.1 Å². The largest absolute Gasteiger partial charge is 0.396 e. The first-order chi connectivity index (χ1) is 10.2. The quantitative estimate of drug-likeness (QED) is 0.780. The average Bonchev–Trinajstić information content (AvgIpc) is 2.50. The SMILES string of the molecule is O=C(NCCc1ccc(F)cc1)NC1CCCCC1CO. The molecule has 1 aliphatic rings. The fraction of sp³-hybridized carbons (Fsp3) is 0.562. The molecule has 3 N–H and O–H groups in total. The van der Waals surface area contributed by atoms with E-state index in [1.54, 1.807) is 12.1 Å². The first-order valence-corrected chi connectivity index (χ1v) is 7.58. The molecule has 2 unspecified atom stereocenters. The molecule has 1 fully saturated rings. The highest BCUT2D eigenvalue weighted by atomic mass is 19.1. The number of carbonyl (C=O) groups is 1. The van der Waals surface area contributed by atoms with Crippen LogP contribution in [0.5, 0.6) is 0 Å². The summed E-state index contributed by atoms with van der Waals surface area (Å²) < 4.78 is 12.8. The van der Waals surface area contributed by atoms with Crippen LogP contribution in [-0.2, 0) is 6.42 Å². The highest BCUT2D eigenvalue weighted by Crippen LogP contribution is 2.23. The van der Waals surface area contributed by atoms with Crippen LogP contribution in [0.4, 0.5) is 9.18 Å². The van der Waals surface area contributed by atoms with Gasteiger partial charge in [-0.1, -0.05) is 25.0 Å². The van der Waals surface area contributed by atoms with Crippen molar-refractivity contribution in [1.29, 1.82) is 0 Å². The van der Waals surface area contributed by atoms with Crippen molar-refractivity contribution in [1.82, 2.24) is 10.6 Å². The molecule has 116 valence electrons. The molecular weight excluding hydrogens is 271 g/mol. The Hall–Kier alpha value is -1.62. The van der Waals surface area contributed by atoms with Crippen molar-refractivity contribution < 1.29 is 14.3 Å². The van der Waals surface area contributed by atoms with Crippen molar-refractivity contribution in [2.75, 3.05) is 13.2 Å². The van der Waals surface area contributed by atoms with Crippen LogP contribution in [0.15, 0.2) is 24.3 Å². The van der Waals surface area contributed by atoms with E-state index >= 15 is 0 Å². The van der Waals surface area contributed by atoms with Gasteiger partial charge in [0.1, 0.15) is 5.82 Å². The third-order valence-corrected chi connectivity index (χ3v) is 4.07. The molecule has 1 aromatic rings. The Morgan fingerprint density at radius 2 is 1.95 bits per heavy atom. The van der Waals surface area contributed by atoms with Gasteiger partial charge in [-0.2, -0.15) is 0 Å². The van der Waals surface area contributed by atoms with E-state index in [1.807, 2.05) is 0 Å². The van der Waals surface area contributed by atoms with Gasteiger partial charge in [-0.15, -0.1) is 0 Å². The molecule has 1 aliphatic carbocycles. The van der Waals surface area contributed by atoms with Gasteiger partial charge in [0.15, 0.2) is 0 Å². The van der Waals surface area contributed by atoms with Crippen molar-refractivity contribution in [3.05, 3.63) is 35.6 Å². The molecule has 0 aliphatic heterocycles. The molecule has 21 heavy (non-hydrogen) atoms. The summed E-state index contributed by atoms with van der Waals surface area (Å²) in [4.78, 5) is 11.9. The van der Waals surface area contributed by atoms with E-state index in [2.05, 4.69) is 10.6 Å². The Labute approximate surface area is 124 Å². The normalized spacial score (nSPS) is 21.8. The second kappa shape index (κ2) is 7.98. The number of hydrogen-bond acceptors (Lipinski definition) is 2. The summed E-state index contributed by atoms with van der Waals surface area (Å²) in [6, 6.07) is 6.15. The number of urea groups is 1. The Kier molecular flexibility index (Phi) is 5.99. The van der Waals surface area contributed by atoms with Gasteiger partial charge in [0.05, 0.1) is 0 Å². The van der Waals surface area contributed by atoms with Crippen molar-refractivity contribution in [2.24, 2.45) is 5.92 Å². The van der Waals surface area contributed by atoms with Gasteiger partial charge in [0.25, 0.3) is 0 Å². The fourth-order valence-corrected chi connectivity index (χ4v) is 2.81. The van der Waals surface area contributed by atoms with E-state index in [9.17, 15) is 14.3 Å². The lowest BCUT2D eigenvalue weighted by Gasteiger charge is -2.30. The molecular formula is C16H23FN2O2. The molecule has 0 heterocycles. The fourth-order valence-electron chi connectivity index (χ4n) is 2.81. The molecule has 0 spiro atoms. The highest BCUT2D eigenvalue weighted by Gasteiger charge is 2.25. The van der Waals surface area contributed by atoms with Crippen molar-refractivity contribution in [2.45, 2.75) is 38.1 Å². The Morgan fingerprint density at radius 1 is 1.24 bits per heavy atom. The second-order valence-corrected chi connectivity index (χ2v) is 5.61. The van der Waals surface area contributed by atoms with Gasteiger partial charge in [0.2, 0.25) is 0 Å². The van der Waals surface area contributed by atoms with E-state index in [1.165, 1.54) is 12.1 Å².